The summed E-state index contributed by atoms with van der Waals surface area (Å²) >= 11 is 0. The molecule has 0 radical (unpaired) electrons. The Morgan fingerprint density at radius 2 is 1.95 bits per heavy atom. The van der Waals surface area contributed by atoms with Gasteiger partial charge in [0.05, 0.1) is 6.10 Å². The highest BCUT2D eigenvalue weighted by molar-refractivity contribution is 5.87. The first-order valence-electron chi connectivity index (χ1n) is 6.70. The second kappa shape index (κ2) is 5.54. The van der Waals surface area contributed by atoms with Gasteiger partial charge in [-0.05, 0) is 44.4 Å². The highest BCUT2D eigenvalue weighted by Gasteiger charge is 2.46. The van der Waals surface area contributed by atoms with Crippen molar-refractivity contribution in [2.45, 2.75) is 52.7 Å². The summed E-state index contributed by atoms with van der Waals surface area (Å²) in [5.41, 5.74) is -0.190. The average molecular weight is 280 g/mol. The first kappa shape index (κ1) is 16.7. The van der Waals surface area contributed by atoms with Crippen LogP contribution >= 0.6 is 0 Å². The molecule has 0 unspecified atom stereocenters. The van der Waals surface area contributed by atoms with Crippen molar-refractivity contribution in [2.75, 3.05) is 0 Å². The molecule has 1 aliphatic carbocycles. The van der Waals surface area contributed by atoms with Gasteiger partial charge in [0.15, 0.2) is 0 Å². The number of aliphatic carboxylic acids is 1. The number of hydrogen-bond acceptors (Lipinski definition) is 3. The third-order valence-electron chi connectivity index (χ3n) is 4.28. The number of carboxylic acids is 1. The van der Waals surface area contributed by atoms with Crippen LogP contribution in [0.5, 0.6) is 0 Å². The minimum atomic E-state index is -1.19. The fourth-order valence-electron chi connectivity index (χ4n) is 2.58. The summed E-state index contributed by atoms with van der Waals surface area (Å²) in [6.07, 6.45) is 4.81. The SMILES string of the molecule is CC1=C[C@@H](O)CC(C)(C)[C@@]1(O)/C=C/C(C)=C(/C)C(=O)O. The standard InChI is InChI=1S/C16H24O4/c1-10(12(3)14(18)19)6-7-16(20)11(2)8-13(17)9-15(16,4)5/h6-8,13,17,20H,9H2,1-5H3,(H,18,19)/b7-6+,12-10-/t13-,16-/m1/s1. The van der Waals surface area contributed by atoms with Crippen LogP contribution in [0.4, 0.5) is 0 Å². The van der Waals surface area contributed by atoms with E-state index < -0.39 is 23.1 Å². The highest BCUT2D eigenvalue weighted by atomic mass is 16.4. The summed E-state index contributed by atoms with van der Waals surface area (Å²) in [4.78, 5) is 10.9. The summed E-state index contributed by atoms with van der Waals surface area (Å²) in [6, 6.07) is 0. The van der Waals surface area contributed by atoms with E-state index in [2.05, 4.69) is 0 Å². The van der Waals surface area contributed by atoms with Crippen molar-refractivity contribution in [3.63, 3.8) is 0 Å². The number of carbonyl (C=O) groups is 1. The van der Waals surface area contributed by atoms with Crippen LogP contribution in [-0.2, 0) is 4.79 Å². The summed E-state index contributed by atoms with van der Waals surface area (Å²) in [5.74, 6) is -0.968. The molecule has 1 aliphatic rings. The predicted octanol–water partition coefficient (Wildman–Crippen LogP) is 2.43. The summed E-state index contributed by atoms with van der Waals surface area (Å²) < 4.78 is 0. The zero-order valence-corrected chi connectivity index (χ0v) is 12.8. The molecule has 112 valence electrons. The van der Waals surface area contributed by atoms with Gasteiger partial charge in [-0.1, -0.05) is 26.0 Å². The van der Waals surface area contributed by atoms with Crippen molar-refractivity contribution in [3.8, 4) is 0 Å². The molecule has 0 saturated carbocycles. The summed E-state index contributed by atoms with van der Waals surface area (Å²) in [6.45, 7) is 8.79. The van der Waals surface area contributed by atoms with Gasteiger partial charge in [-0.3, -0.25) is 0 Å². The Morgan fingerprint density at radius 3 is 2.40 bits per heavy atom. The van der Waals surface area contributed by atoms with Crippen LogP contribution in [0.15, 0.2) is 34.9 Å². The number of allylic oxidation sites excluding steroid dienone is 2. The van der Waals surface area contributed by atoms with Crippen LogP contribution < -0.4 is 0 Å². The molecule has 0 spiro atoms. The molecule has 4 heteroatoms. The van der Waals surface area contributed by atoms with Crippen molar-refractivity contribution in [1.82, 2.24) is 0 Å². The Bertz CT molecular complexity index is 497. The molecule has 0 amide bonds. The maximum absolute atomic E-state index is 10.9. The van der Waals surface area contributed by atoms with Gasteiger partial charge in [-0.25, -0.2) is 4.79 Å². The Kier molecular flexibility index (Phi) is 4.62. The van der Waals surface area contributed by atoms with E-state index in [1.54, 1.807) is 32.1 Å². The number of rotatable bonds is 3. The van der Waals surface area contributed by atoms with Crippen LogP contribution in [0.1, 0.15) is 41.0 Å². The lowest BCUT2D eigenvalue weighted by molar-refractivity contribution is -0.132. The van der Waals surface area contributed by atoms with Crippen molar-refractivity contribution >= 4 is 5.97 Å². The maximum atomic E-state index is 10.9. The Morgan fingerprint density at radius 1 is 1.40 bits per heavy atom. The molecule has 1 rings (SSSR count). The molecular formula is C16H24O4. The number of carboxylic acid groups (broad SMARTS) is 1. The summed E-state index contributed by atoms with van der Waals surface area (Å²) in [5, 5.41) is 29.6. The lowest BCUT2D eigenvalue weighted by Gasteiger charge is -2.46. The zero-order valence-electron chi connectivity index (χ0n) is 12.8. The van der Waals surface area contributed by atoms with Crippen LogP contribution in [0.25, 0.3) is 0 Å². The van der Waals surface area contributed by atoms with Gasteiger partial charge in [0.25, 0.3) is 0 Å². The molecule has 0 aromatic carbocycles. The van der Waals surface area contributed by atoms with Crippen molar-refractivity contribution in [3.05, 3.63) is 34.9 Å². The molecule has 2 atom stereocenters. The molecule has 4 nitrogen and oxygen atoms in total. The normalized spacial score (nSPS) is 30.9. The molecule has 20 heavy (non-hydrogen) atoms. The minimum absolute atomic E-state index is 0.250. The van der Waals surface area contributed by atoms with Crippen molar-refractivity contribution < 1.29 is 20.1 Å². The first-order valence-corrected chi connectivity index (χ1v) is 6.70. The Balaban J connectivity index is 3.20. The second-order valence-corrected chi connectivity index (χ2v) is 6.22. The van der Waals surface area contributed by atoms with E-state index in [0.29, 0.717) is 17.6 Å². The third-order valence-corrected chi connectivity index (χ3v) is 4.28. The van der Waals surface area contributed by atoms with Gasteiger partial charge < -0.3 is 15.3 Å². The Hall–Kier alpha value is -1.39. The van der Waals surface area contributed by atoms with E-state index in [9.17, 15) is 15.0 Å². The van der Waals surface area contributed by atoms with Crippen molar-refractivity contribution in [1.29, 1.82) is 0 Å². The molecule has 3 N–H and O–H groups in total. The number of aliphatic hydroxyl groups is 2. The smallest absolute Gasteiger partial charge is 0.331 e. The van der Waals surface area contributed by atoms with Crippen molar-refractivity contribution in [2.24, 2.45) is 5.41 Å². The molecule has 0 bridgehead atoms. The Labute approximate surface area is 120 Å². The number of hydrogen-bond donors (Lipinski definition) is 3. The van der Waals surface area contributed by atoms with Gasteiger partial charge in [0.2, 0.25) is 0 Å². The van der Waals surface area contributed by atoms with Gasteiger partial charge in [0, 0.05) is 11.0 Å². The fraction of sp³-hybridized carbons (Fsp3) is 0.562. The van der Waals surface area contributed by atoms with E-state index in [1.165, 1.54) is 6.92 Å². The quantitative estimate of drug-likeness (QED) is 0.421. The lowest BCUT2D eigenvalue weighted by Crippen LogP contribution is -2.48. The van der Waals surface area contributed by atoms with Crippen LogP contribution in [-0.4, -0.2) is 33.0 Å². The molecule has 0 aliphatic heterocycles. The largest absolute Gasteiger partial charge is 0.478 e. The third kappa shape index (κ3) is 3.02. The van der Waals surface area contributed by atoms with Gasteiger partial charge >= 0.3 is 5.97 Å². The highest BCUT2D eigenvalue weighted by Crippen LogP contribution is 2.45. The van der Waals surface area contributed by atoms with E-state index in [0.717, 1.165) is 0 Å². The summed E-state index contributed by atoms with van der Waals surface area (Å²) in [7, 11) is 0. The van der Waals surface area contributed by atoms with Gasteiger partial charge in [0.1, 0.15) is 5.60 Å². The van der Waals surface area contributed by atoms with Crippen LogP contribution in [0.2, 0.25) is 0 Å². The average Bonchev–Trinajstić information content (AvgIpc) is 2.31. The van der Waals surface area contributed by atoms with E-state index >= 15 is 0 Å². The lowest BCUT2D eigenvalue weighted by atomic mass is 9.64. The fourth-order valence-corrected chi connectivity index (χ4v) is 2.58. The minimum Gasteiger partial charge on any atom is -0.478 e. The predicted molar refractivity (Wildman–Crippen MR) is 78.3 cm³/mol. The first-order chi connectivity index (χ1) is 9.01. The molecule has 0 fully saturated rings. The zero-order chi connectivity index (χ0) is 15.7. The topological polar surface area (TPSA) is 77.8 Å². The van der Waals surface area contributed by atoms with E-state index in [4.69, 9.17) is 5.11 Å². The molecular weight excluding hydrogens is 256 g/mol. The molecule has 0 aromatic heterocycles. The molecule has 0 aromatic rings. The van der Waals surface area contributed by atoms with E-state index in [-0.39, 0.29) is 5.57 Å². The van der Waals surface area contributed by atoms with Gasteiger partial charge in [-0.15, -0.1) is 0 Å². The molecule has 0 saturated heterocycles. The second-order valence-electron chi connectivity index (χ2n) is 6.22. The maximum Gasteiger partial charge on any atom is 0.331 e. The molecule has 0 heterocycles. The number of aliphatic hydroxyl groups excluding tert-OH is 1. The van der Waals surface area contributed by atoms with Crippen LogP contribution in [0, 0.1) is 5.41 Å². The van der Waals surface area contributed by atoms with Crippen LogP contribution in [0.3, 0.4) is 0 Å². The monoisotopic (exact) mass is 280 g/mol. The van der Waals surface area contributed by atoms with Gasteiger partial charge in [-0.2, -0.15) is 0 Å². The van der Waals surface area contributed by atoms with E-state index in [1.807, 2.05) is 13.8 Å².